The summed E-state index contributed by atoms with van der Waals surface area (Å²) in [5, 5.41) is 7.11. The van der Waals surface area contributed by atoms with E-state index in [0.29, 0.717) is 5.69 Å². The van der Waals surface area contributed by atoms with E-state index in [4.69, 9.17) is 4.74 Å². The summed E-state index contributed by atoms with van der Waals surface area (Å²) in [7, 11) is 0. The van der Waals surface area contributed by atoms with Crippen molar-refractivity contribution in [2.45, 2.75) is 26.4 Å². The monoisotopic (exact) mass is 232 g/mol. The van der Waals surface area contributed by atoms with Gasteiger partial charge in [-0.05, 0) is 32.9 Å². The Hall–Kier alpha value is -2.04. The molecule has 0 aromatic heterocycles. The van der Waals surface area contributed by atoms with Crippen LogP contribution in [0.1, 0.15) is 41.5 Å². The first-order chi connectivity index (χ1) is 7.88. The van der Waals surface area contributed by atoms with E-state index in [1.54, 1.807) is 39.0 Å². The maximum atomic E-state index is 11.9. The maximum Gasteiger partial charge on any atom is 0.339 e. The highest BCUT2D eigenvalue weighted by Crippen LogP contribution is 2.30. The molecular weight excluding hydrogens is 220 g/mol. The topological polar surface area (TPSA) is 68.1 Å². The van der Waals surface area contributed by atoms with Gasteiger partial charge in [0.05, 0.1) is 16.8 Å². The summed E-state index contributed by atoms with van der Waals surface area (Å²) >= 11 is 0. The molecule has 0 N–H and O–H groups in total. The van der Waals surface area contributed by atoms with Crippen LogP contribution in [0.25, 0.3) is 0 Å². The molecule has 0 spiro atoms. The van der Waals surface area contributed by atoms with Crippen molar-refractivity contribution in [3.8, 4) is 0 Å². The number of ether oxygens (including phenoxy) is 1. The minimum atomic E-state index is -0.601. The van der Waals surface area contributed by atoms with Gasteiger partial charge in [0.25, 0.3) is 5.91 Å². The zero-order chi connectivity index (χ0) is 12.6. The second-order valence-electron chi connectivity index (χ2n) is 4.71. The molecule has 2 rings (SSSR count). The van der Waals surface area contributed by atoms with E-state index in [9.17, 15) is 9.59 Å². The Labute approximate surface area is 98.5 Å². The Morgan fingerprint density at radius 1 is 1.24 bits per heavy atom. The van der Waals surface area contributed by atoms with Crippen molar-refractivity contribution in [2.75, 3.05) is 0 Å². The van der Waals surface area contributed by atoms with Crippen LogP contribution in [0.5, 0.6) is 0 Å². The number of rotatable bonds is 1. The predicted molar refractivity (Wildman–Crippen MR) is 60.5 cm³/mol. The molecule has 1 aromatic carbocycles. The van der Waals surface area contributed by atoms with Crippen molar-refractivity contribution >= 4 is 17.6 Å². The van der Waals surface area contributed by atoms with Crippen molar-refractivity contribution in [3.63, 3.8) is 0 Å². The summed E-state index contributed by atoms with van der Waals surface area (Å²) in [6, 6.07) is 4.83. The van der Waals surface area contributed by atoms with Crippen molar-refractivity contribution < 1.29 is 14.3 Å². The third kappa shape index (κ3) is 2.22. The van der Waals surface area contributed by atoms with E-state index < -0.39 is 17.5 Å². The number of hydrogen-bond donors (Lipinski definition) is 0. The average Bonchev–Trinajstić information content (AvgIpc) is 2.58. The summed E-state index contributed by atoms with van der Waals surface area (Å²) in [5.74, 6) is -1.03. The number of hydrogen-bond acceptors (Lipinski definition) is 4. The number of amides is 1. The fourth-order valence-corrected chi connectivity index (χ4v) is 1.50. The van der Waals surface area contributed by atoms with Gasteiger partial charge < -0.3 is 4.74 Å². The molecule has 5 heteroatoms. The van der Waals surface area contributed by atoms with Crippen LogP contribution < -0.4 is 0 Å². The highest BCUT2D eigenvalue weighted by atomic mass is 16.6. The number of carbonyl (C=O) groups excluding carboxylic acids is 2. The number of esters is 1. The lowest BCUT2D eigenvalue weighted by molar-refractivity contribution is 0.00679. The highest BCUT2D eigenvalue weighted by molar-refractivity contribution is 6.10. The molecule has 0 atom stereocenters. The minimum Gasteiger partial charge on any atom is -0.456 e. The average molecular weight is 232 g/mol. The number of azo groups is 1. The Kier molecular flexibility index (Phi) is 2.53. The van der Waals surface area contributed by atoms with Crippen LogP contribution in [0.3, 0.4) is 0 Å². The molecule has 1 aromatic rings. The van der Waals surface area contributed by atoms with Crippen LogP contribution in [0.4, 0.5) is 5.69 Å². The predicted octanol–water partition coefficient (Wildman–Crippen LogP) is 2.88. The van der Waals surface area contributed by atoms with Crippen LogP contribution in [0.15, 0.2) is 28.4 Å². The lowest BCUT2D eigenvalue weighted by Gasteiger charge is -2.19. The minimum absolute atomic E-state index is 0.215. The Morgan fingerprint density at radius 2 is 1.94 bits per heavy atom. The second kappa shape index (κ2) is 3.76. The largest absolute Gasteiger partial charge is 0.456 e. The smallest absolute Gasteiger partial charge is 0.339 e. The van der Waals surface area contributed by atoms with Gasteiger partial charge in [-0.3, -0.25) is 4.79 Å². The molecule has 0 unspecified atom stereocenters. The third-order valence-corrected chi connectivity index (χ3v) is 2.12. The van der Waals surface area contributed by atoms with Gasteiger partial charge in [0.2, 0.25) is 0 Å². The van der Waals surface area contributed by atoms with Gasteiger partial charge in [0, 0.05) is 0 Å². The summed E-state index contributed by atoms with van der Waals surface area (Å²) in [4.78, 5) is 23.4. The molecule has 1 aliphatic rings. The van der Waals surface area contributed by atoms with E-state index >= 15 is 0 Å². The molecule has 0 fully saturated rings. The van der Waals surface area contributed by atoms with Gasteiger partial charge in [-0.25, -0.2) is 4.79 Å². The fourth-order valence-electron chi connectivity index (χ4n) is 1.50. The van der Waals surface area contributed by atoms with Gasteiger partial charge in [0.1, 0.15) is 5.60 Å². The normalized spacial score (nSPS) is 13.7. The van der Waals surface area contributed by atoms with Crippen molar-refractivity contribution in [1.29, 1.82) is 0 Å². The first-order valence-corrected chi connectivity index (χ1v) is 5.21. The molecule has 5 nitrogen and oxygen atoms in total. The molecule has 0 saturated carbocycles. The number of fused-ring (bicyclic) bond motifs is 1. The van der Waals surface area contributed by atoms with Crippen molar-refractivity contribution in [1.82, 2.24) is 0 Å². The SMILES string of the molecule is CC(C)(C)OC(=O)c1cccc2c1C(=O)N=N2. The molecule has 88 valence electrons. The Balaban J connectivity index is 2.39. The van der Waals surface area contributed by atoms with Gasteiger partial charge in [-0.15, -0.1) is 10.2 Å². The van der Waals surface area contributed by atoms with Gasteiger partial charge >= 0.3 is 5.97 Å². The van der Waals surface area contributed by atoms with Crippen LogP contribution in [0, 0.1) is 0 Å². The summed E-state index contributed by atoms with van der Waals surface area (Å²) < 4.78 is 5.22. The van der Waals surface area contributed by atoms with Gasteiger partial charge in [-0.1, -0.05) is 6.07 Å². The van der Waals surface area contributed by atoms with Crippen molar-refractivity contribution in [3.05, 3.63) is 29.3 Å². The van der Waals surface area contributed by atoms with Gasteiger partial charge in [0.15, 0.2) is 0 Å². The lowest BCUT2D eigenvalue weighted by atomic mass is 10.1. The van der Waals surface area contributed by atoms with Crippen LogP contribution in [0.2, 0.25) is 0 Å². The van der Waals surface area contributed by atoms with E-state index in [0.717, 1.165) is 0 Å². The maximum absolute atomic E-state index is 11.9. The number of benzene rings is 1. The standard InChI is InChI=1S/C12H12N2O3/c1-12(2,3)17-11(16)7-5-4-6-8-9(7)10(15)14-13-8/h4-6H,1-3H3. The summed E-state index contributed by atoms with van der Waals surface area (Å²) in [6.45, 7) is 5.31. The van der Waals surface area contributed by atoms with E-state index in [-0.39, 0.29) is 11.1 Å². The Morgan fingerprint density at radius 3 is 2.59 bits per heavy atom. The Bertz CT molecular complexity index is 527. The second-order valence-corrected chi connectivity index (χ2v) is 4.71. The van der Waals surface area contributed by atoms with Crippen LogP contribution >= 0.6 is 0 Å². The quantitative estimate of drug-likeness (QED) is 0.699. The molecular formula is C12H12N2O3. The molecule has 0 aliphatic carbocycles. The molecule has 17 heavy (non-hydrogen) atoms. The molecule has 1 amide bonds. The first-order valence-electron chi connectivity index (χ1n) is 5.21. The number of nitrogens with zero attached hydrogens (tertiary/aromatic N) is 2. The zero-order valence-corrected chi connectivity index (χ0v) is 9.85. The van der Waals surface area contributed by atoms with Crippen molar-refractivity contribution in [2.24, 2.45) is 10.2 Å². The highest BCUT2D eigenvalue weighted by Gasteiger charge is 2.27. The van der Waals surface area contributed by atoms with Crippen LogP contribution in [-0.4, -0.2) is 17.5 Å². The lowest BCUT2D eigenvalue weighted by Crippen LogP contribution is -2.24. The molecule has 0 radical (unpaired) electrons. The molecule has 0 saturated heterocycles. The summed E-state index contributed by atoms with van der Waals surface area (Å²) in [6.07, 6.45) is 0. The van der Waals surface area contributed by atoms with Crippen LogP contribution in [-0.2, 0) is 4.74 Å². The summed E-state index contributed by atoms with van der Waals surface area (Å²) in [5.41, 5.74) is 0.253. The van der Waals surface area contributed by atoms with E-state index in [2.05, 4.69) is 10.2 Å². The molecule has 1 aliphatic heterocycles. The number of carbonyl (C=O) groups is 2. The fraction of sp³-hybridized carbons (Fsp3) is 0.333. The van der Waals surface area contributed by atoms with E-state index in [1.807, 2.05) is 0 Å². The third-order valence-electron chi connectivity index (χ3n) is 2.12. The molecule has 0 bridgehead atoms. The van der Waals surface area contributed by atoms with E-state index in [1.165, 1.54) is 0 Å². The van der Waals surface area contributed by atoms with Gasteiger partial charge in [-0.2, -0.15) is 0 Å². The molecule has 1 heterocycles. The first kappa shape index (κ1) is 11.4. The zero-order valence-electron chi connectivity index (χ0n) is 9.85.